The lowest BCUT2D eigenvalue weighted by atomic mass is 10.1. The summed E-state index contributed by atoms with van der Waals surface area (Å²) >= 11 is 0. The van der Waals surface area contributed by atoms with Crippen molar-refractivity contribution in [2.75, 3.05) is 55.1 Å². The van der Waals surface area contributed by atoms with Crippen molar-refractivity contribution >= 4 is 56.5 Å². The number of methoxy groups -OCH3 is 2. The van der Waals surface area contributed by atoms with E-state index in [4.69, 9.17) is 29.4 Å². The summed E-state index contributed by atoms with van der Waals surface area (Å²) in [7, 11) is -1.77. The molecule has 0 radical (unpaired) electrons. The van der Waals surface area contributed by atoms with Crippen molar-refractivity contribution < 1.29 is 51.3 Å². The summed E-state index contributed by atoms with van der Waals surface area (Å²) in [5.41, 5.74) is 6.45. The highest BCUT2D eigenvalue weighted by atomic mass is 32.2. The van der Waals surface area contributed by atoms with Crippen LogP contribution in [0.1, 0.15) is 37.5 Å². The van der Waals surface area contributed by atoms with Crippen LogP contribution in [0.4, 0.5) is 22.7 Å². The molecule has 312 valence electrons. The highest BCUT2D eigenvalue weighted by Crippen LogP contribution is 2.42. The van der Waals surface area contributed by atoms with Gasteiger partial charge in [-0.25, -0.2) is 13.2 Å². The third-order valence-electron chi connectivity index (χ3n) is 8.14. The number of anilines is 4. The maximum atomic E-state index is 13.9. The van der Waals surface area contributed by atoms with Crippen LogP contribution < -0.4 is 45.4 Å². The Balaban J connectivity index is 1.58. The van der Waals surface area contributed by atoms with Gasteiger partial charge in [-0.1, -0.05) is 38.0 Å². The van der Waals surface area contributed by atoms with Crippen molar-refractivity contribution in [2.24, 2.45) is 0 Å². The van der Waals surface area contributed by atoms with E-state index >= 15 is 0 Å². The molecule has 0 fully saturated rings. The topological polar surface area (TPSA) is 246 Å². The van der Waals surface area contributed by atoms with Crippen LogP contribution in [0.2, 0.25) is 0 Å². The van der Waals surface area contributed by atoms with E-state index in [1.54, 1.807) is 0 Å². The Hall–Kier alpha value is -7.78. The fourth-order valence-electron chi connectivity index (χ4n) is 5.35. The van der Waals surface area contributed by atoms with Crippen molar-refractivity contribution in [1.82, 2.24) is 5.32 Å². The predicted octanol–water partition coefficient (Wildman–Crippen LogP) is 5.46. The molecule has 0 aliphatic heterocycles. The number of amides is 3. The number of carbonyl (C=O) groups excluding carboxylic acids is 4. The zero-order valence-electron chi connectivity index (χ0n) is 32.6. The summed E-state index contributed by atoms with van der Waals surface area (Å²) in [5, 5.41) is 17.1. The Morgan fingerprint density at radius 1 is 0.733 bits per heavy atom. The number of rotatable bonds is 21. The summed E-state index contributed by atoms with van der Waals surface area (Å²) in [6.45, 7) is 10.6. The van der Waals surface area contributed by atoms with E-state index in [9.17, 15) is 32.9 Å². The van der Waals surface area contributed by atoms with Gasteiger partial charge in [-0.2, -0.15) is 5.26 Å². The zero-order chi connectivity index (χ0) is 43.8. The van der Waals surface area contributed by atoms with E-state index in [-0.39, 0.29) is 87.9 Å². The molecule has 4 aromatic rings. The molecule has 0 unspecified atom stereocenters. The molecule has 0 saturated carbocycles. The van der Waals surface area contributed by atoms with E-state index in [0.717, 1.165) is 0 Å². The Labute approximate surface area is 346 Å². The van der Waals surface area contributed by atoms with Crippen LogP contribution in [0.15, 0.2) is 116 Å². The average molecular weight is 839 g/mol. The first kappa shape index (κ1) is 44.9. The highest BCUT2D eigenvalue weighted by Gasteiger charge is 2.28. The van der Waals surface area contributed by atoms with Gasteiger partial charge in [0.2, 0.25) is 5.91 Å². The van der Waals surface area contributed by atoms with E-state index in [2.05, 4.69) is 40.4 Å². The Morgan fingerprint density at radius 3 is 1.88 bits per heavy atom. The summed E-state index contributed by atoms with van der Waals surface area (Å²) in [4.78, 5) is 52.1. The van der Waals surface area contributed by atoms with E-state index in [0.29, 0.717) is 5.69 Å². The van der Waals surface area contributed by atoms with Crippen molar-refractivity contribution in [3.05, 3.63) is 127 Å². The Morgan fingerprint density at radius 2 is 1.30 bits per heavy atom. The van der Waals surface area contributed by atoms with Crippen LogP contribution in [-0.4, -0.2) is 72.2 Å². The van der Waals surface area contributed by atoms with Gasteiger partial charge >= 0.3 is 5.97 Å². The normalized spacial score (nSPS) is 11.0. The number of sulfonamides is 1. The first-order chi connectivity index (χ1) is 28.8. The molecule has 18 heteroatoms. The number of nitriles is 1. The minimum Gasteiger partial charge on any atom is -0.491 e. The largest absolute Gasteiger partial charge is 0.491 e. The molecule has 17 nitrogen and oxygen atoms in total. The number of hydrogen-bond acceptors (Lipinski definition) is 13. The molecule has 0 heterocycles. The van der Waals surface area contributed by atoms with Gasteiger partial charge in [0.15, 0.2) is 23.0 Å². The summed E-state index contributed by atoms with van der Waals surface area (Å²) in [6, 6.07) is 17.1. The molecule has 0 aromatic heterocycles. The van der Waals surface area contributed by atoms with Gasteiger partial charge in [0.1, 0.15) is 31.4 Å². The summed E-state index contributed by atoms with van der Waals surface area (Å²) < 4.78 is 57.5. The van der Waals surface area contributed by atoms with Crippen LogP contribution in [0, 0.1) is 11.3 Å². The molecule has 0 spiro atoms. The van der Waals surface area contributed by atoms with Gasteiger partial charge in [0.05, 0.1) is 48.5 Å². The maximum Gasteiger partial charge on any atom is 0.342 e. The quantitative estimate of drug-likeness (QED) is 0.0398. The number of nitrogen functional groups attached to an aromatic ring is 1. The van der Waals surface area contributed by atoms with E-state index in [1.807, 2.05) is 6.07 Å². The smallest absolute Gasteiger partial charge is 0.342 e. The fourth-order valence-corrected chi connectivity index (χ4v) is 6.41. The van der Waals surface area contributed by atoms with Gasteiger partial charge in [0.25, 0.3) is 21.8 Å². The lowest BCUT2D eigenvalue weighted by molar-refractivity contribution is -0.117. The monoisotopic (exact) mass is 838 g/mol. The number of nitrogens with one attached hydrogen (secondary N) is 4. The maximum absolute atomic E-state index is 13.9. The van der Waals surface area contributed by atoms with Gasteiger partial charge in [-0.3, -0.25) is 19.1 Å². The third-order valence-corrected chi connectivity index (χ3v) is 9.52. The SMILES string of the molecule is C=CCOC(=O)c1ccc(NC(=O)c2ccc(NS(=O)(=O)c3ccc(NC(=O)[C@H](CC#N)NC(=O)c4ccc(N)cc4)cc3)c(OC)c2OCC=C)c(OC)c1OCC=C. The molecular formula is C42H42N6O11S. The Kier molecular flexibility index (Phi) is 15.8. The van der Waals surface area contributed by atoms with Crippen molar-refractivity contribution in [3.63, 3.8) is 0 Å². The second-order valence-electron chi connectivity index (χ2n) is 12.2. The number of nitrogens with zero attached hydrogens (tertiary/aromatic N) is 1. The van der Waals surface area contributed by atoms with Gasteiger partial charge in [-0.05, 0) is 72.8 Å². The zero-order valence-corrected chi connectivity index (χ0v) is 33.4. The second kappa shape index (κ2) is 21.1. The number of ether oxygens (including phenoxy) is 5. The van der Waals surface area contributed by atoms with Crippen LogP contribution in [-0.2, 0) is 19.6 Å². The van der Waals surface area contributed by atoms with Crippen LogP contribution in [0.5, 0.6) is 23.0 Å². The molecule has 1 atom stereocenters. The molecule has 0 saturated heterocycles. The standard InChI is InChI=1S/C42H42N6O11S/c1-6-23-57-35-30(40(50)46-32-19-18-31(42(52)59-25-8-3)36(37(32)55-4)58-24-7-2)17-20-33(38(35)56-5)48-60(53,54)29-15-13-28(14-16-29)45-41(51)34(21-22-43)47-39(49)26-9-11-27(44)12-10-26/h6-20,34,48H,1-3,21,23-25,44H2,4-5H3,(H,45,51)(H,46,50)(H,47,49)/t34-/m0/s1. The number of benzene rings is 4. The lowest BCUT2D eigenvalue weighted by Crippen LogP contribution is -2.43. The predicted molar refractivity (Wildman–Crippen MR) is 224 cm³/mol. The number of hydrogen-bond donors (Lipinski definition) is 5. The van der Waals surface area contributed by atoms with Crippen molar-refractivity contribution in [1.29, 1.82) is 5.26 Å². The molecular weight excluding hydrogens is 797 g/mol. The van der Waals surface area contributed by atoms with Gasteiger partial charge in [-0.15, -0.1) is 0 Å². The van der Waals surface area contributed by atoms with Crippen LogP contribution in [0.3, 0.4) is 0 Å². The molecule has 0 aliphatic rings. The average Bonchev–Trinajstić information content (AvgIpc) is 3.23. The lowest BCUT2D eigenvalue weighted by Gasteiger charge is -2.20. The first-order valence-corrected chi connectivity index (χ1v) is 19.3. The Bertz CT molecular complexity index is 2410. The van der Waals surface area contributed by atoms with Crippen LogP contribution in [0.25, 0.3) is 0 Å². The fraction of sp³-hybridized carbons (Fsp3) is 0.167. The number of carbonyl (C=O) groups is 4. The molecule has 6 N–H and O–H groups in total. The first-order valence-electron chi connectivity index (χ1n) is 17.8. The molecule has 0 aliphatic carbocycles. The third kappa shape index (κ3) is 11.2. The number of nitrogens with two attached hydrogens (primary N) is 1. The molecule has 60 heavy (non-hydrogen) atoms. The second-order valence-corrected chi connectivity index (χ2v) is 13.9. The minimum absolute atomic E-state index is 0.00291. The van der Waals surface area contributed by atoms with Crippen molar-refractivity contribution in [3.8, 4) is 29.1 Å². The molecule has 0 bridgehead atoms. The highest BCUT2D eigenvalue weighted by molar-refractivity contribution is 7.92. The number of esters is 1. The summed E-state index contributed by atoms with van der Waals surface area (Å²) in [6.07, 6.45) is 3.92. The van der Waals surface area contributed by atoms with E-state index < -0.39 is 39.8 Å². The van der Waals surface area contributed by atoms with Gasteiger partial charge < -0.3 is 45.4 Å². The molecule has 3 amide bonds. The van der Waals surface area contributed by atoms with E-state index in [1.165, 1.54) is 105 Å². The summed E-state index contributed by atoms with van der Waals surface area (Å²) in [5.74, 6) is -3.09. The minimum atomic E-state index is -4.33. The van der Waals surface area contributed by atoms with Crippen LogP contribution >= 0.6 is 0 Å². The van der Waals surface area contributed by atoms with Crippen molar-refractivity contribution in [2.45, 2.75) is 17.4 Å². The van der Waals surface area contributed by atoms with Gasteiger partial charge in [0, 0.05) is 16.9 Å². The molecule has 4 rings (SSSR count). The molecule has 4 aromatic carbocycles.